The Hall–Kier alpha value is -1.88. The van der Waals surface area contributed by atoms with E-state index in [9.17, 15) is 9.59 Å². The molecule has 0 saturated carbocycles. The van der Waals surface area contributed by atoms with Crippen molar-refractivity contribution in [2.75, 3.05) is 31.6 Å². The summed E-state index contributed by atoms with van der Waals surface area (Å²) in [6, 6.07) is 6.12. The summed E-state index contributed by atoms with van der Waals surface area (Å²) in [7, 11) is 1.68. The lowest BCUT2D eigenvalue weighted by Crippen LogP contribution is -2.36. The molecule has 2 unspecified atom stereocenters. The van der Waals surface area contributed by atoms with Crippen molar-refractivity contribution in [2.24, 2.45) is 5.92 Å². The zero-order valence-electron chi connectivity index (χ0n) is 14.7. The molecule has 0 N–H and O–H groups in total. The molecule has 2 aliphatic rings. The third-order valence-electron chi connectivity index (χ3n) is 5.24. The molecule has 3 rings (SSSR count). The molecule has 2 amide bonds. The van der Waals surface area contributed by atoms with Gasteiger partial charge in [-0.15, -0.1) is 0 Å². The lowest BCUT2D eigenvalue weighted by Gasteiger charge is -2.23. The summed E-state index contributed by atoms with van der Waals surface area (Å²) in [5.41, 5.74) is 3.25. The van der Waals surface area contributed by atoms with E-state index in [-0.39, 0.29) is 23.8 Å². The normalized spacial score (nSPS) is 24.0. The Morgan fingerprint density at radius 3 is 2.79 bits per heavy atom. The average Bonchev–Trinajstić information content (AvgIpc) is 3.20. The van der Waals surface area contributed by atoms with Crippen molar-refractivity contribution in [3.05, 3.63) is 29.3 Å². The zero-order valence-corrected chi connectivity index (χ0v) is 14.7. The van der Waals surface area contributed by atoms with Crippen LogP contribution >= 0.6 is 0 Å². The molecule has 2 aliphatic heterocycles. The first-order valence-corrected chi connectivity index (χ1v) is 8.75. The van der Waals surface area contributed by atoms with Crippen LogP contribution in [0.1, 0.15) is 30.9 Å². The van der Waals surface area contributed by atoms with Gasteiger partial charge in [0, 0.05) is 38.9 Å². The van der Waals surface area contributed by atoms with Gasteiger partial charge in [-0.2, -0.15) is 0 Å². The van der Waals surface area contributed by atoms with Crippen LogP contribution in [0.3, 0.4) is 0 Å². The van der Waals surface area contributed by atoms with Crippen LogP contribution in [-0.4, -0.2) is 49.6 Å². The largest absolute Gasteiger partial charge is 0.380 e. The van der Waals surface area contributed by atoms with E-state index in [4.69, 9.17) is 4.74 Å². The number of carbonyl (C=O) groups is 2. The van der Waals surface area contributed by atoms with E-state index in [0.29, 0.717) is 19.5 Å². The van der Waals surface area contributed by atoms with Crippen molar-refractivity contribution in [1.29, 1.82) is 0 Å². The third-order valence-corrected chi connectivity index (χ3v) is 5.24. The van der Waals surface area contributed by atoms with Gasteiger partial charge < -0.3 is 14.5 Å². The van der Waals surface area contributed by atoms with Crippen LogP contribution < -0.4 is 4.90 Å². The van der Waals surface area contributed by atoms with E-state index in [1.165, 1.54) is 0 Å². The molecule has 5 heteroatoms. The number of ether oxygens (including phenoxy) is 1. The second kappa shape index (κ2) is 6.93. The number of para-hydroxylation sites is 1. The van der Waals surface area contributed by atoms with Crippen LogP contribution in [-0.2, 0) is 20.7 Å². The van der Waals surface area contributed by atoms with Gasteiger partial charge in [0.25, 0.3) is 0 Å². The van der Waals surface area contributed by atoms with Crippen LogP contribution in [0.4, 0.5) is 5.69 Å². The molecule has 5 nitrogen and oxygen atoms in total. The van der Waals surface area contributed by atoms with Crippen molar-refractivity contribution >= 4 is 17.5 Å². The van der Waals surface area contributed by atoms with E-state index in [0.717, 1.165) is 36.2 Å². The Balaban J connectivity index is 1.76. The van der Waals surface area contributed by atoms with E-state index < -0.39 is 0 Å². The summed E-state index contributed by atoms with van der Waals surface area (Å²) in [6.07, 6.45) is 2.20. The Kier molecular flexibility index (Phi) is 4.90. The lowest BCUT2D eigenvalue weighted by molar-refractivity contribution is -0.135. The highest BCUT2D eigenvalue weighted by Crippen LogP contribution is 2.32. The number of likely N-dealkylation sites (tertiary alicyclic amines) is 1. The molecule has 0 aliphatic carbocycles. The summed E-state index contributed by atoms with van der Waals surface area (Å²) in [6.45, 7) is 5.98. The fourth-order valence-electron chi connectivity index (χ4n) is 3.86. The number of anilines is 1. The molecule has 1 aromatic carbocycles. The molecule has 24 heavy (non-hydrogen) atoms. The smallest absolute Gasteiger partial charge is 0.228 e. The number of methoxy groups -OCH3 is 1. The highest BCUT2D eigenvalue weighted by Gasteiger charge is 2.39. The Morgan fingerprint density at radius 2 is 2.12 bits per heavy atom. The molecule has 0 spiro atoms. The Morgan fingerprint density at radius 1 is 1.33 bits per heavy atom. The summed E-state index contributed by atoms with van der Waals surface area (Å²) in [5.74, 6) is -0.0886. The summed E-state index contributed by atoms with van der Waals surface area (Å²) < 4.78 is 5.34. The zero-order chi connectivity index (χ0) is 17.3. The quantitative estimate of drug-likeness (QED) is 0.850. The average molecular weight is 330 g/mol. The maximum absolute atomic E-state index is 12.8. The molecule has 0 radical (unpaired) electrons. The van der Waals surface area contributed by atoms with Gasteiger partial charge >= 0.3 is 0 Å². The maximum Gasteiger partial charge on any atom is 0.228 e. The van der Waals surface area contributed by atoms with Crippen molar-refractivity contribution in [1.82, 2.24) is 4.90 Å². The van der Waals surface area contributed by atoms with Gasteiger partial charge in [0.1, 0.15) is 0 Å². The summed E-state index contributed by atoms with van der Waals surface area (Å²) >= 11 is 0. The van der Waals surface area contributed by atoms with Crippen molar-refractivity contribution < 1.29 is 14.3 Å². The molecule has 1 aromatic rings. The molecule has 2 fully saturated rings. The second-order valence-corrected chi connectivity index (χ2v) is 6.77. The molecule has 0 aromatic heterocycles. The molecule has 2 heterocycles. The predicted octanol–water partition coefficient (Wildman–Crippen LogP) is 2.16. The van der Waals surface area contributed by atoms with E-state index >= 15 is 0 Å². The Labute approximate surface area is 143 Å². The first-order valence-electron chi connectivity index (χ1n) is 8.75. The Bertz CT molecular complexity index is 643. The lowest BCUT2D eigenvalue weighted by atomic mass is 10.0. The topological polar surface area (TPSA) is 49.9 Å². The first kappa shape index (κ1) is 17.0. The third kappa shape index (κ3) is 3.05. The minimum absolute atomic E-state index is 0.0554. The van der Waals surface area contributed by atoms with Crippen LogP contribution in [0.25, 0.3) is 0 Å². The predicted molar refractivity (Wildman–Crippen MR) is 93.0 cm³/mol. The number of hydrogen-bond acceptors (Lipinski definition) is 3. The molecular weight excluding hydrogens is 304 g/mol. The van der Waals surface area contributed by atoms with Crippen molar-refractivity contribution in [3.8, 4) is 0 Å². The monoisotopic (exact) mass is 330 g/mol. The van der Waals surface area contributed by atoms with Gasteiger partial charge in [0.15, 0.2) is 0 Å². The van der Waals surface area contributed by atoms with Crippen LogP contribution in [0, 0.1) is 12.8 Å². The SMILES string of the molecule is CCc1cccc(C)c1N1CC(C(=O)N2CCC(OC)C2)CC1=O. The number of aryl methyl sites for hydroxylation is 2. The fraction of sp³-hybridized carbons (Fsp3) is 0.579. The molecule has 2 atom stereocenters. The molecule has 130 valence electrons. The fourth-order valence-corrected chi connectivity index (χ4v) is 3.86. The van der Waals surface area contributed by atoms with Gasteiger partial charge in [0.05, 0.1) is 12.0 Å². The minimum atomic E-state index is -0.239. The number of rotatable bonds is 4. The highest BCUT2D eigenvalue weighted by atomic mass is 16.5. The van der Waals surface area contributed by atoms with Crippen molar-refractivity contribution in [3.63, 3.8) is 0 Å². The van der Waals surface area contributed by atoms with E-state index in [1.54, 1.807) is 7.11 Å². The number of hydrogen-bond donors (Lipinski definition) is 0. The van der Waals surface area contributed by atoms with Gasteiger partial charge in [-0.25, -0.2) is 0 Å². The first-order chi connectivity index (χ1) is 11.5. The standard InChI is InChI=1S/C19H26N2O3/c1-4-14-7-5-6-13(2)18(14)21-11-15(10-17(21)22)19(23)20-9-8-16(12-20)24-3/h5-7,15-16H,4,8-12H2,1-3H3. The van der Waals surface area contributed by atoms with Gasteiger partial charge in [-0.05, 0) is 30.9 Å². The van der Waals surface area contributed by atoms with Gasteiger partial charge in [0.2, 0.25) is 11.8 Å². The molecular formula is C19H26N2O3. The van der Waals surface area contributed by atoms with E-state index in [2.05, 4.69) is 13.0 Å². The van der Waals surface area contributed by atoms with Gasteiger partial charge in [-0.3, -0.25) is 9.59 Å². The van der Waals surface area contributed by atoms with Crippen LogP contribution in [0.2, 0.25) is 0 Å². The second-order valence-electron chi connectivity index (χ2n) is 6.77. The summed E-state index contributed by atoms with van der Waals surface area (Å²) in [5, 5.41) is 0. The number of benzene rings is 1. The number of nitrogens with zero attached hydrogens (tertiary/aromatic N) is 2. The van der Waals surface area contributed by atoms with Crippen molar-refractivity contribution in [2.45, 2.75) is 39.2 Å². The maximum atomic E-state index is 12.8. The molecule has 0 bridgehead atoms. The highest BCUT2D eigenvalue weighted by molar-refractivity contribution is 6.01. The molecule has 2 saturated heterocycles. The minimum Gasteiger partial charge on any atom is -0.380 e. The summed E-state index contributed by atoms with van der Waals surface area (Å²) in [4.78, 5) is 29.0. The van der Waals surface area contributed by atoms with Crippen LogP contribution in [0.5, 0.6) is 0 Å². The van der Waals surface area contributed by atoms with Gasteiger partial charge in [-0.1, -0.05) is 25.1 Å². The van der Waals surface area contributed by atoms with E-state index in [1.807, 2.05) is 28.9 Å². The number of carbonyl (C=O) groups excluding carboxylic acids is 2. The number of amides is 2. The van der Waals surface area contributed by atoms with Crippen LogP contribution in [0.15, 0.2) is 18.2 Å².